The minimum Gasteiger partial charge on any atom is -0.504 e. The van der Waals surface area contributed by atoms with Crippen LogP contribution in [-0.2, 0) is 9.59 Å². The van der Waals surface area contributed by atoms with Gasteiger partial charge in [0.2, 0.25) is 11.8 Å². The van der Waals surface area contributed by atoms with Gasteiger partial charge in [-0.2, -0.15) is 0 Å². The number of rotatable bonds is 1. The fourth-order valence-electron chi connectivity index (χ4n) is 1.98. The van der Waals surface area contributed by atoms with Crippen LogP contribution in [0.3, 0.4) is 0 Å². The molecule has 92 valence electrons. The lowest BCUT2D eigenvalue weighted by Gasteiger charge is -2.14. The Morgan fingerprint density at radius 1 is 1.17 bits per heavy atom. The summed E-state index contributed by atoms with van der Waals surface area (Å²) in [5, 5.41) is 26.2. The number of phenolic OH excluding ortho intramolecular Hbond substituents is 1. The van der Waals surface area contributed by atoms with Gasteiger partial charge >= 0.3 is 0 Å². The number of carbonyl (C=O) groups excluding carboxylic acids is 2. The standard InChI is InChI=1S/C10H8N4O4/c15-7-3-4-8(16)13(7)6-2-1-5-9(10(6)17)11-12-14(5)18/h1-2,17-18H,3-4H2. The SMILES string of the molecule is O=C1CCC(=O)N1c1ccc2c(nnn2O)c1O. The van der Waals surface area contributed by atoms with Crippen LogP contribution in [0.4, 0.5) is 5.69 Å². The fraction of sp³-hybridized carbons (Fsp3) is 0.200. The molecule has 1 aromatic carbocycles. The predicted octanol–water partition coefficient (Wildman–Crippen LogP) is 0.0276. The number of aromatic hydroxyl groups is 1. The Morgan fingerprint density at radius 3 is 2.50 bits per heavy atom. The van der Waals surface area contributed by atoms with Gasteiger partial charge in [-0.15, -0.1) is 5.10 Å². The van der Waals surface area contributed by atoms with Gasteiger partial charge in [0, 0.05) is 12.8 Å². The van der Waals surface area contributed by atoms with E-state index in [2.05, 4.69) is 10.3 Å². The lowest BCUT2D eigenvalue weighted by molar-refractivity contribution is -0.121. The molecule has 2 N–H and O–H groups in total. The zero-order valence-corrected chi connectivity index (χ0v) is 9.07. The number of benzene rings is 1. The maximum atomic E-state index is 11.6. The van der Waals surface area contributed by atoms with Gasteiger partial charge in [-0.25, -0.2) is 4.90 Å². The van der Waals surface area contributed by atoms with Gasteiger partial charge < -0.3 is 10.3 Å². The Morgan fingerprint density at radius 2 is 1.83 bits per heavy atom. The lowest BCUT2D eigenvalue weighted by atomic mass is 10.2. The van der Waals surface area contributed by atoms with Crippen LogP contribution in [0.15, 0.2) is 12.1 Å². The molecule has 1 aliphatic rings. The minimum absolute atomic E-state index is 0.0301. The molecule has 0 spiro atoms. The average Bonchev–Trinajstić information content (AvgIpc) is 2.86. The second kappa shape index (κ2) is 3.42. The van der Waals surface area contributed by atoms with Crippen LogP contribution in [0.1, 0.15) is 12.8 Å². The number of amides is 2. The van der Waals surface area contributed by atoms with Gasteiger partial charge in [0.25, 0.3) is 0 Å². The number of fused-ring (bicyclic) bond motifs is 1. The number of aromatic nitrogens is 3. The number of carbonyl (C=O) groups is 2. The molecule has 8 heteroatoms. The van der Waals surface area contributed by atoms with Crippen molar-refractivity contribution in [1.29, 1.82) is 0 Å². The van der Waals surface area contributed by atoms with Crippen molar-refractivity contribution in [3.8, 4) is 5.75 Å². The average molecular weight is 248 g/mol. The number of hydrogen-bond acceptors (Lipinski definition) is 6. The molecule has 8 nitrogen and oxygen atoms in total. The third-order valence-corrected chi connectivity index (χ3v) is 2.85. The van der Waals surface area contributed by atoms with Gasteiger partial charge in [-0.05, 0) is 17.3 Å². The summed E-state index contributed by atoms with van der Waals surface area (Å²) in [4.78, 5) is 24.6. The van der Waals surface area contributed by atoms with Crippen LogP contribution in [0.5, 0.6) is 5.75 Å². The molecule has 1 aliphatic heterocycles. The van der Waals surface area contributed by atoms with E-state index in [9.17, 15) is 19.9 Å². The van der Waals surface area contributed by atoms with Gasteiger partial charge in [0.05, 0.1) is 5.69 Å². The highest BCUT2D eigenvalue weighted by molar-refractivity contribution is 6.21. The molecule has 0 unspecified atom stereocenters. The number of nitrogens with zero attached hydrogens (tertiary/aromatic N) is 4. The summed E-state index contributed by atoms with van der Waals surface area (Å²) in [6, 6.07) is 2.79. The second-order valence-corrected chi connectivity index (χ2v) is 3.90. The monoisotopic (exact) mass is 248 g/mol. The van der Waals surface area contributed by atoms with E-state index in [1.54, 1.807) is 0 Å². The highest BCUT2D eigenvalue weighted by atomic mass is 16.5. The van der Waals surface area contributed by atoms with Crippen molar-refractivity contribution in [2.24, 2.45) is 0 Å². The van der Waals surface area contributed by atoms with Crippen LogP contribution < -0.4 is 4.90 Å². The normalized spacial score (nSPS) is 15.9. The summed E-state index contributed by atoms with van der Waals surface area (Å²) in [6.07, 6.45) is 0.256. The molecule has 2 heterocycles. The largest absolute Gasteiger partial charge is 0.504 e. The first-order chi connectivity index (χ1) is 8.59. The van der Waals surface area contributed by atoms with E-state index in [1.165, 1.54) is 12.1 Å². The van der Waals surface area contributed by atoms with Crippen LogP contribution in [0.2, 0.25) is 0 Å². The fourth-order valence-corrected chi connectivity index (χ4v) is 1.98. The van der Waals surface area contributed by atoms with Crippen molar-refractivity contribution in [2.45, 2.75) is 12.8 Å². The minimum atomic E-state index is -0.369. The smallest absolute Gasteiger partial charge is 0.234 e. The number of imide groups is 1. The van der Waals surface area contributed by atoms with Crippen molar-refractivity contribution < 1.29 is 19.9 Å². The summed E-state index contributed by atoms with van der Waals surface area (Å²) in [5.74, 6) is -1.09. The van der Waals surface area contributed by atoms with Gasteiger partial charge in [-0.1, -0.05) is 4.85 Å². The molecule has 18 heavy (non-hydrogen) atoms. The predicted molar refractivity (Wildman–Crippen MR) is 58.1 cm³/mol. The van der Waals surface area contributed by atoms with Crippen molar-refractivity contribution in [1.82, 2.24) is 15.2 Å². The Hall–Kier alpha value is -2.64. The molecule has 0 aliphatic carbocycles. The zero-order valence-electron chi connectivity index (χ0n) is 9.07. The Bertz CT molecular complexity index is 662. The third kappa shape index (κ3) is 1.25. The first kappa shape index (κ1) is 10.5. The maximum absolute atomic E-state index is 11.6. The molecule has 1 fully saturated rings. The molecular weight excluding hydrogens is 240 g/mol. The summed E-state index contributed by atoms with van der Waals surface area (Å²) in [6.45, 7) is 0. The van der Waals surface area contributed by atoms with Gasteiger partial charge in [-0.3, -0.25) is 9.59 Å². The van der Waals surface area contributed by atoms with E-state index >= 15 is 0 Å². The number of anilines is 1. The first-order valence-electron chi connectivity index (χ1n) is 5.22. The molecule has 1 aromatic heterocycles. The summed E-state index contributed by atoms with van der Waals surface area (Å²) in [5.41, 5.74) is 0.286. The molecule has 2 amide bonds. The topological polar surface area (TPSA) is 109 Å². The van der Waals surface area contributed by atoms with E-state index in [0.29, 0.717) is 4.85 Å². The van der Waals surface area contributed by atoms with E-state index < -0.39 is 0 Å². The zero-order chi connectivity index (χ0) is 12.9. The second-order valence-electron chi connectivity index (χ2n) is 3.90. The quantitative estimate of drug-likeness (QED) is 0.544. The van der Waals surface area contributed by atoms with Crippen molar-refractivity contribution in [3.63, 3.8) is 0 Å². The molecule has 3 rings (SSSR count). The highest BCUT2D eigenvalue weighted by Crippen LogP contribution is 2.35. The van der Waals surface area contributed by atoms with Crippen LogP contribution >= 0.6 is 0 Å². The Balaban J connectivity index is 2.21. The van der Waals surface area contributed by atoms with Crippen molar-refractivity contribution >= 4 is 28.5 Å². The van der Waals surface area contributed by atoms with E-state index in [-0.39, 0.29) is 47.1 Å². The Kier molecular flexibility index (Phi) is 2.00. The molecular formula is C10H8N4O4. The van der Waals surface area contributed by atoms with E-state index in [1.807, 2.05) is 0 Å². The van der Waals surface area contributed by atoms with Crippen LogP contribution in [-0.4, -0.2) is 37.3 Å². The summed E-state index contributed by atoms with van der Waals surface area (Å²) < 4.78 is 0. The highest BCUT2D eigenvalue weighted by Gasteiger charge is 2.33. The van der Waals surface area contributed by atoms with Crippen molar-refractivity contribution in [3.05, 3.63) is 12.1 Å². The molecule has 0 atom stereocenters. The van der Waals surface area contributed by atoms with E-state index in [0.717, 1.165) is 4.90 Å². The van der Waals surface area contributed by atoms with Gasteiger partial charge in [0.15, 0.2) is 11.3 Å². The van der Waals surface area contributed by atoms with Crippen LogP contribution in [0.25, 0.3) is 11.0 Å². The molecule has 0 bridgehead atoms. The molecule has 0 saturated carbocycles. The van der Waals surface area contributed by atoms with Crippen LogP contribution in [0, 0.1) is 0 Å². The van der Waals surface area contributed by atoms with Crippen molar-refractivity contribution in [2.75, 3.05) is 4.90 Å². The lowest BCUT2D eigenvalue weighted by Crippen LogP contribution is -2.28. The molecule has 2 aromatic rings. The van der Waals surface area contributed by atoms with Gasteiger partial charge in [0.1, 0.15) is 5.52 Å². The maximum Gasteiger partial charge on any atom is 0.234 e. The summed E-state index contributed by atoms with van der Waals surface area (Å²) >= 11 is 0. The third-order valence-electron chi connectivity index (χ3n) is 2.85. The number of hydrogen-bond donors (Lipinski definition) is 2. The molecule has 0 radical (unpaired) electrons. The number of phenols is 1. The Labute approximate surface area is 100.0 Å². The first-order valence-corrected chi connectivity index (χ1v) is 5.22. The molecule has 1 saturated heterocycles. The summed E-state index contributed by atoms with van der Waals surface area (Å²) in [7, 11) is 0. The van der Waals surface area contributed by atoms with E-state index in [4.69, 9.17) is 0 Å².